The summed E-state index contributed by atoms with van der Waals surface area (Å²) in [6.07, 6.45) is 4.03. The van der Waals surface area contributed by atoms with Crippen LogP contribution in [0.2, 0.25) is 0 Å². The molecule has 1 aromatic rings. The molecular weight excluding hydrogens is 345 g/mol. The van der Waals surface area contributed by atoms with Gasteiger partial charge in [-0.25, -0.2) is 4.39 Å². The zero-order valence-electron chi connectivity index (χ0n) is 16.2. The van der Waals surface area contributed by atoms with E-state index >= 15 is 0 Å². The summed E-state index contributed by atoms with van der Waals surface area (Å²) in [5, 5.41) is 0. The van der Waals surface area contributed by atoms with Crippen LogP contribution in [0.4, 0.5) is 10.1 Å². The highest BCUT2D eigenvalue weighted by molar-refractivity contribution is 6.00. The van der Waals surface area contributed by atoms with E-state index in [-0.39, 0.29) is 11.7 Å². The first-order valence-corrected chi connectivity index (χ1v) is 10.2. The zero-order valence-corrected chi connectivity index (χ0v) is 16.2. The van der Waals surface area contributed by atoms with Crippen LogP contribution in [-0.4, -0.2) is 74.2 Å². The maximum atomic E-state index is 13.2. The smallest absolute Gasteiger partial charge is 0.259 e. The number of hydrogen-bond donors (Lipinski definition) is 0. The van der Waals surface area contributed by atoms with Gasteiger partial charge in [-0.05, 0) is 76.0 Å². The first-order chi connectivity index (χ1) is 13.1. The molecule has 0 aromatic heterocycles. The van der Waals surface area contributed by atoms with Crippen LogP contribution in [0.1, 0.15) is 25.7 Å². The minimum Gasteiger partial charge on any atom is -0.363 e. The molecule has 4 rings (SSSR count). The second-order valence-electron chi connectivity index (χ2n) is 8.32. The van der Waals surface area contributed by atoms with Crippen LogP contribution in [0.3, 0.4) is 0 Å². The molecule has 6 heteroatoms. The number of hydrogen-bond acceptors (Lipinski definition) is 4. The molecule has 0 bridgehead atoms. The van der Waals surface area contributed by atoms with Crippen LogP contribution in [0.25, 0.3) is 0 Å². The van der Waals surface area contributed by atoms with Gasteiger partial charge in [0.15, 0.2) is 0 Å². The topological polar surface area (TPSA) is 36.0 Å². The quantitative estimate of drug-likeness (QED) is 0.813. The first-order valence-electron chi connectivity index (χ1n) is 10.2. The van der Waals surface area contributed by atoms with E-state index in [9.17, 15) is 9.18 Å². The van der Waals surface area contributed by atoms with Crippen LogP contribution in [0.15, 0.2) is 24.3 Å². The number of nitrogens with zero attached hydrogens (tertiary/aromatic N) is 3. The average molecular weight is 375 g/mol. The number of ether oxygens (including phenoxy) is 1. The third kappa shape index (κ3) is 4.03. The summed E-state index contributed by atoms with van der Waals surface area (Å²) in [5.41, 5.74) is 0.0634. The molecule has 3 aliphatic heterocycles. The number of benzene rings is 1. The van der Waals surface area contributed by atoms with E-state index in [1.165, 1.54) is 38.1 Å². The molecule has 3 heterocycles. The Hall–Kier alpha value is -1.50. The highest BCUT2D eigenvalue weighted by atomic mass is 19.1. The summed E-state index contributed by atoms with van der Waals surface area (Å²) in [7, 11) is 2.19. The van der Waals surface area contributed by atoms with Crippen molar-refractivity contribution in [2.75, 3.05) is 57.8 Å². The van der Waals surface area contributed by atoms with Gasteiger partial charge >= 0.3 is 0 Å². The molecule has 3 aliphatic rings. The fraction of sp³-hybridized carbons (Fsp3) is 0.667. The van der Waals surface area contributed by atoms with E-state index in [2.05, 4.69) is 16.8 Å². The lowest BCUT2D eigenvalue weighted by Gasteiger charge is -2.46. The Labute approximate surface area is 161 Å². The predicted octanol–water partition coefficient (Wildman–Crippen LogP) is 2.37. The Bertz CT molecular complexity index is 650. The molecule has 0 atom stereocenters. The summed E-state index contributed by atoms with van der Waals surface area (Å²) in [4.78, 5) is 19.9. The Balaban J connectivity index is 1.36. The maximum Gasteiger partial charge on any atom is 0.259 e. The van der Waals surface area contributed by atoms with E-state index < -0.39 is 5.60 Å². The number of carbonyl (C=O) groups excluding carboxylic acids is 1. The van der Waals surface area contributed by atoms with Gasteiger partial charge in [-0.1, -0.05) is 0 Å². The van der Waals surface area contributed by atoms with Crippen LogP contribution in [-0.2, 0) is 9.53 Å². The fourth-order valence-corrected chi connectivity index (χ4v) is 4.67. The number of likely N-dealkylation sites (tertiary alicyclic amines) is 2. The predicted molar refractivity (Wildman–Crippen MR) is 103 cm³/mol. The summed E-state index contributed by atoms with van der Waals surface area (Å²) in [6, 6.07) is 6.19. The van der Waals surface area contributed by atoms with Gasteiger partial charge in [0.05, 0.1) is 6.61 Å². The molecular formula is C21H30FN3O2. The monoisotopic (exact) mass is 375 g/mol. The van der Waals surface area contributed by atoms with Gasteiger partial charge in [-0.15, -0.1) is 0 Å². The van der Waals surface area contributed by atoms with Gasteiger partial charge in [-0.2, -0.15) is 0 Å². The van der Waals surface area contributed by atoms with Crippen molar-refractivity contribution in [1.29, 1.82) is 0 Å². The first kappa shape index (κ1) is 18.8. The molecule has 3 saturated heterocycles. The Morgan fingerprint density at radius 2 is 1.74 bits per heavy atom. The molecule has 5 nitrogen and oxygen atoms in total. The number of rotatable bonds is 3. The van der Waals surface area contributed by atoms with Gasteiger partial charge in [0.25, 0.3) is 5.91 Å². The minimum absolute atomic E-state index is 0.0410. The number of amides is 1. The van der Waals surface area contributed by atoms with Crippen LogP contribution >= 0.6 is 0 Å². The molecule has 1 amide bonds. The molecule has 0 unspecified atom stereocenters. The standard InChI is InChI=1S/C21H30FN3O2/c1-23-10-6-17(7-11-23)16-24-12-8-21(9-13-24)20(26)25(14-15-27-21)19-4-2-18(22)3-5-19/h2-5,17H,6-16H2,1H3. The van der Waals surface area contributed by atoms with Crippen LogP contribution in [0.5, 0.6) is 0 Å². The van der Waals surface area contributed by atoms with Crippen molar-refractivity contribution in [2.45, 2.75) is 31.3 Å². The van der Waals surface area contributed by atoms with Gasteiger partial charge in [0, 0.05) is 31.9 Å². The number of carbonyl (C=O) groups is 1. The number of anilines is 1. The molecule has 1 aromatic carbocycles. The molecule has 148 valence electrons. The van der Waals surface area contributed by atoms with E-state index in [1.807, 2.05) is 0 Å². The summed E-state index contributed by atoms with van der Waals surface area (Å²) >= 11 is 0. The second-order valence-corrected chi connectivity index (χ2v) is 8.32. The SMILES string of the molecule is CN1CCC(CN2CCC3(CC2)OCCN(c2ccc(F)cc2)C3=O)CC1. The van der Waals surface area contributed by atoms with E-state index in [4.69, 9.17) is 4.74 Å². The number of halogens is 1. The Morgan fingerprint density at radius 3 is 2.41 bits per heavy atom. The lowest BCUT2D eigenvalue weighted by Crippen LogP contribution is -2.61. The molecule has 0 radical (unpaired) electrons. The number of piperidine rings is 2. The maximum absolute atomic E-state index is 13.2. The summed E-state index contributed by atoms with van der Waals surface area (Å²) in [6.45, 7) is 6.42. The Morgan fingerprint density at radius 1 is 1.07 bits per heavy atom. The fourth-order valence-electron chi connectivity index (χ4n) is 4.67. The van der Waals surface area contributed by atoms with Crippen molar-refractivity contribution >= 4 is 11.6 Å². The largest absolute Gasteiger partial charge is 0.363 e. The zero-order chi connectivity index (χ0) is 18.9. The van der Waals surface area contributed by atoms with Crippen molar-refractivity contribution in [1.82, 2.24) is 9.80 Å². The molecule has 0 N–H and O–H groups in total. The highest BCUT2D eigenvalue weighted by Gasteiger charge is 2.47. The number of morpholine rings is 1. The average Bonchev–Trinajstić information content (AvgIpc) is 2.68. The van der Waals surface area contributed by atoms with E-state index in [0.29, 0.717) is 13.2 Å². The summed E-state index contributed by atoms with van der Waals surface area (Å²) in [5.74, 6) is 0.532. The van der Waals surface area contributed by atoms with Gasteiger partial charge in [-0.3, -0.25) is 4.79 Å². The third-order valence-electron chi connectivity index (χ3n) is 6.48. The van der Waals surface area contributed by atoms with E-state index in [0.717, 1.165) is 44.1 Å². The third-order valence-corrected chi connectivity index (χ3v) is 6.48. The van der Waals surface area contributed by atoms with Gasteiger partial charge in [0.2, 0.25) is 0 Å². The Kier molecular flexibility index (Phi) is 5.48. The van der Waals surface area contributed by atoms with Crippen molar-refractivity contribution in [3.05, 3.63) is 30.1 Å². The normalized spacial score (nSPS) is 25.3. The van der Waals surface area contributed by atoms with Crippen LogP contribution in [0, 0.1) is 11.7 Å². The molecule has 1 spiro atoms. The highest BCUT2D eigenvalue weighted by Crippen LogP contribution is 2.34. The molecule has 27 heavy (non-hydrogen) atoms. The molecule has 3 fully saturated rings. The van der Waals surface area contributed by atoms with E-state index in [1.54, 1.807) is 17.0 Å². The van der Waals surface area contributed by atoms with Gasteiger partial charge in [0.1, 0.15) is 11.4 Å². The second kappa shape index (κ2) is 7.86. The summed E-state index contributed by atoms with van der Waals surface area (Å²) < 4.78 is 19.3. The lowest BCUT2D eigenvalue weighted by molar-refractivity contribution is -0.158. The minimum atomic E-state index is -0.698. The van der Waals surface area contributed by atoms with Crippen molar-refractivity contribution in [3.8, 4) is 0 Å². The van der Waals surface area contributed by atoms with Crippen molar-refractivity contribution in [2.24, 2.45) is 5.92 Å². The van der Waals surface area contributed by atoms with Crippen molar-refractivity contribution in [3.63, 3.8) is 0 Å². The van der Waals surface area contributed by atoms with Crippen LogP contribution < -0.4 is 4.90 Å². The molecule has 0 saturated carbocycles. The lowest BCUT2D eigenvalue weighted by atomic mass is 9.87. The van der Waals surface area contributed by atoms with Gasteiger partial charge < -0.3 is 19.4 Å². The molecule has 0 aliphatic carbocycles. The van der Waals surface area contributed by atoms with Crippen molar-refractivity contribution < 1.29 is 13.9 Å².